The number of rotatable bonds is 2. The molecule has 0 amide bonds. The van der Waals surface area contributed by atoms with Crippen LogP contribution in [0.2, 0.25) is 0 Å². The van der Waals surface area contributed by atoms with Gasteiger partial charge >= 0.3 is 0 Å². The molecule has 1 fully saturated rings. The third-order valence-corrected chi connectivity index (χ3v) is 3.94. The van der Waals surface area contributed by atoms with Crippen LogP contribution in [-0.4, -0.2) is 33.4 Å². The van der Waals surface area contributed by atoms with Gasteiger partial charge < -0.3 is 9.84 Å². The van der Waals surface area contributed by atoms with E-state index in [0.717, 1.165) is 31.5 Å². The number of hydrogen-bond acceptors (Lipinski definition) is 5. The van der Waals surface area contributed by atoms with E-state index >= 15 is 0 Å². The van der Waals surface area contributed by atoms with Crippen LogP contribution in [0.1, 0.15) is 24.7 Å². The fraction of sp³-hybridized carbons (Fsp3) is 0.357. The predicted octanol–water partition coefficient (Wildman–Crippen LogP) is 2.22. The van der Waals surface area contributed by atoms with Crippen molar-refractivity contribution in [2.45, 2.75) is 18.8 Å². The Labute approximate surface area is 119 Å². The molecule has 0 spiro atoms. The molecule has 0 radical (unpaired) electrons. The predicted molar refractivity (Wildman–Crippen MR) is 74.2 cm³/mol. The first kappa shape index (κ1) is 12.5. The first-order valence-corrected chi connectivity index (χ1v) is 6.99. The van der Waals surface area contributed by atoms with Crippen LogP contribution in [0.25, 0.3) is 22.3 Å². The van der Waals surface area contributed by atoms with Crippen LogP contribution >= 0.6 is 0 Å². The van der Waals surface area contributed by atoms with Gasteiger partial charge in [-0.15, -0.1) is 0 Å². The molecule has 0 bridgehead atoms. The van der Waals surface area contributed by atoms with Gasteiger partial charge in [0, 0.05) is 16.9 Å². The van der Waals surface area contributed by atoms with Gasteiger partial charge in [0.15, 0.2) is 0 Å². The summed E-state index contributed by atoms with van der Waals surface area (Å²) in [6, 6.07) is 3.04. The van der Waals surface area contributed by atoms with Crippen LogP contribution in [0, 0.1) is 5.82 Å². The average molecular weight is 287 g/mol. The third kappa shape index (κ3) is 2.09. The summed E-state index contributed by atoms with van der Waals surface area (Å²) < 4.78 is 19.1. The minimum absolute atomic E-state index is 0.299. The highest BCUT2D eigenvalue weighted by Crippen LogP contribution is 2.30. The maximum absolute atomic E-state index is 13.7. The highest BCUT2D eigenvalue weighted by atomic mass is 19.1. The number of piperidine rings is 1. The molecule has 7 heteroatoms. The van der Waals surface area contributed by atoms with Crippen molar-refractivity contribution < 1.29 is 8.91 Å². The lowest BCUT2D eigenvalue weighted by molar-refractivity contribution is 0.320. The second-order valence-corrected chi connectivity index (χ2v) is 5.23. The first-order valence-electron chi connectivity index (χ1n) is 6.99. The topological polar surface area (TPSA) is 79.6 Å². The molecule has 6 nitrogen and oxygen atoms in total. The SMILES string of the molecule is Fc1ccc(-c2noc(C3CCNCC3)n2)c2cn[nH]c12. The van der Waals surface area contributed by atoms with Gasteiger partial charge in [-0.3, -0.25) is 5.10 Å². The number of nitrogens with zero attached hydrogens (tertiary/aromatic N) is 3. The van der Waals surface area contributed by atoms with E-state index in [1.54, 1.807) is 12.3 Å². The zero-order chi connectivity index (χ0) is 14.2. The zero-order valence-corrected chi connectivity index (χ0v) is 11.3. The van der Waals surface area contributed by atoms with Crippen molar-refractivity contribution in [1.29, 1.82) is 0 Å². The summed E-state index contributed by atoms with van der Waals surface area (Å²) in [6.45, 7) is 1.93. The van der Waals surface area contributed by atoms with Crippen molar-refractivity contribution in [2.24, 2.45) is 0 Å². The number of nitrogens with one attached hydrogen (secondary N) is 2. The van der Waals surface area contributed by atoms with E-state index in [0.29, 0.717) is 28.5 Å². The Kier molecular flexibility index (Phi) is 2.92. The smallest absolute Gasteiger partial charge is 0.230 e. The second-order valence-electron chi connectivity index (χ2n) is 5.23. The Morgan fingerprint density at radius 2 is 2.10 bits per heavy atom. The first-order chi connectivity index (χ1) is 10.3. The van der Waals surface area contributed by atoms with Gasteiger partial charge in [0.2, 0.25) is 11.7 Å². The van der Waals surface area contributed by atoms with E-state index in [-0.39, 0.29) is 5.82 Å². The lowest BCUT2D eigenvalue weighted by atomic mass is 9.98. The number of fused-ring (bicyclic) bond motifs is 1. The van der Waals surface area contributed by atoms with Crippen LogP contribution in [0.15, 0.2) is 22.9 Å². The van der Waals surface area contributed by atoms with E-state index in [4.69, 9.17) is 4.52 Å². The summed E-state index contributed by atoms with van der Waals surface area (Å²) >= 11 is 0. The second kappa shape index (κ2) is 4.92. The molecule has 0 unspecified atom stereocenters. The van der Waals surface area contributed by atoms with Gasteiger partial charge in [0.25, 0.3) is 0 Å². The Balaban J connectivity index is 1.74. The lowest BCUT2D eigenvalue weighted by Gasteiger charge is -2.18. The largest absolute Gasteiger partial charge is 0.339 e. The molecular weight excluding hydrogens is 273 g/mol. The van der Waals surface area contributed by atoms with Gasteiger partial charge in [-0.25, -0.2) is 4.39 Å². The van der Waals surface area contributed by atoms with Crippen molar-refractivity contribution >= 4 is 10.9 Å². The van der Waals surface area contributed by atoms with Crippen molar-refractivity contribution in [3.63, 3.8) is 0 Å². The maximum atomic E-state index is 13.7. The number of aromatic nitrogens is 4. The molecule has 4 rings (SSSR count). The fourth-order valence-corrected chi connectivity index (χ4v) is 2.78. The van der Waals surface area contributed by atoms with Crippen molar-refractivity contribution in [3.05, 3.63) is 30.0 Å². The number of benzene rings is 1. The zero-order valence-electron chi connectivity index (χ0n) is 11.3. The molecule has 1 aliphatic rings. The van der Waals surface area contributed by atoms with Crippen molar-refractivity contribution in [1.82, 2.24) is 25.7 Å². The summed E-state index contributed by atoms with van der Waals surface area (Å²) in [5.74, 6) is 1.10. The molecule has 108 valence electrons. The van der Waals surface area contributed by atoms with E-state index in [9.17, 15) is 4.39 Å². The van der Waals surface area contributed by atoms with E-state index in [2.05, 4.69) is 25.7 Å². The Morgan fingerprint density at radius 1 is 1.24 bits per heavy atom. The molecule has 3 heterocycles. The number of halogens is 1. The van der Waals surface area contributed by atoms with Crippen LogP contribution in [0.3, 0.4) is 0 Å². The van der Waals surface area contributed by atoms with Crippen molar-refractivity contribution in [3.8, 4) is 11.4 Å². The Hall–Kier alpha value is -2.28. The molecule has 0 atom stereocenters. The maximum Gasteiger partial charge on any atom is 0.230 e. The molecule has 1 aliphatic heterocycles. The summed E-state index contributed by atoms with van der Waals surface area (Å²) in [5, 5.41) is 14.6. The van der Waals surface area contributed by atoms with Crippen LogP contribution in [-0.2, 0) is 0 Å². The number of H-pyrrole nitrogens is 1. The highest BCUT2D eigenvalue weighted by Gasteiger charge is 2.22. The van der Waals surface area contributed by atoms with Gasteiger partial charge in [-0.05, 0) is 38.1 Å². The molecule has 1 aromatic carbocycles. The molecule has 2 aromatic heterocycles. The molecule has 2 N–H and O–H groups in total. The highest BCUT2D eigenvalue weighted by molar-refractivity contribution is 5.92. The summed E-state index contributed by atoms with van der Waals surface area (Å²) in [7, 11) is 0. The van der Waals surface area contributed by atoms with Gasteiger partial charge in [-0.2, -0.15) is 10.1 Å². The average Bonchev–Trinajstić information content (AvgIpc) is 3.18. The minimum atomic E-state index is -0.340. The Bertz CT molecular complexity index is 775. The fourth-order valence-electron chi connectivity index (χ4n) is 2.78. The summed E-state index contributed by atoms with van der Waals surface area (Å²) in [4.78, 5) is 4.49. The van der Waals surface area contributed by atoms with Crippen molar-refractivity contribution in [2.75, 3.05) is 13.1 Å². The molecule has 1 saturated heterocycles. The molecule has 3 aromatic rings. The lowest BCUT2D eigenvalue weighted by Crippen LogP contribution is -2.26. The molecule has 0 aliphatic carbocycles. The molecule has 21 heavy (non-hydrogen) atoms. The van der Waals surface area contributed by atoms with Gasteiger partial charge in [0.1, 0.15) is 11.3 Å². The van der Waals surface area contributed by atoms with Crippen LogP contribution in [0.5, 0.6) is 0 Å². The minimum Gasteiger partial charge on any atom is -0.339 e. The monoisotopic (exact) mass is 287 g/mol. The summed E-state index contributed by atoms with van der Waals surface area (Å²) in [6.07, 6.45) is 3.56. The van der Waals surface area contributed by atoms with Crippen LogP contribution in [0.4, 0.5) is 4.39 Å². The normalized spacial score (nSPS) is 16.6. The van der Waals surface area contributed by atoms with Gasteiger partial charge in [0.05, 0.1) is 6.20 Å². The van der Waals surface area contributed by atoms with E-state index < -0.39 is 0 Å². The molecular formula is C14H14FN5O. The standard InChI is InChI=1S/C14H14FN5O/c15-11-2-1-9(10-7-17-19-12(10)11)13-18-14(21-20-13)8-3-5-16-6-4-8/h1-2,7-8,16H,3-6H2,(H,17,19). The molecule has 0 saturated carbocycles. The van der Waals surface area contributed by atoms with Gasteiger partial charge in [-0.1, -0.05) is 5.16 Å². The van der Waals surface area contributed by atoms with Crippen LogP contribution < -0.4 is 5.32 Å². The number of aromatic amines is 1. The number of hydrogen-bond donors (Lipinski definition) is 2. The van der Waals surface area contributed by atoms with E-state index in [1.807, 2.05) is 0 Å². The third-order valence-electron chi connectivity index (χ3n) is 3.94. The Morgan fingerprint density at radius 3 is 2.95 bits per heavy atom. The summed E-state index contributed by atoms with van der Waals surface area (Å²) in [5.41, 5.74) is 1.09. The quantitative estimate of drug-likeness (QED) is 0.755. The van der Waals surface area contributed by atoms with E-state index in [1.165, 1.54) is 6.07 Å².